The van der Waals surface area contributed by atoms with E-state index in [0.717, 1.165) is 19.1 Å². The molecule has 1 unspecified atom stereocenters. The second-order valence-electron chi connectivity index (χ2n) is 5.81. The lowest BCUT2D eigenvalue weighted by Crippen LogP contribution is -2.44. The SMILES string of the molecule is CN1CCCN(C2CCCCCC2)CC1CO. The van der Waals surface area contributed by atoms with Crippen LogP contribution in [0.5, 0.6) is 0 Å². The monoisotopic (exact) mass is 240 g/mol. The van der Waals surface area contributed by atoms with Crippen molar-refractivity contribution in [3.63, 3.8) is 0 Å². The molecule has 1 heterocycles. The normalized spacial score (nSPS) is 31.1. The van der Waals surface area contributed by atoms with Crippen LogP contribution in [0.1, 0.15) is 44.9 Å². The fraction of sp³-hybridized carbons (Fsp3) is 1.00. The van der Waals surface area contributed by atoms with Crippen molar-refractivity contribution in [1.82, 2.24) is 9.80 Å². The van der Waals surface area contributed by atoms with Gasteiger partial charge in [0.25, 0.3) is 0 Å². The van der Waals surface area contributed by atoms with E-state index < -0.39 is 0 Å². The molecule has 1 aliphatic carbocycles. The molecule has 3 nitrogen and oxygen atoms in total. The molecule has 2 aliphatic rings. The third kappa shape index (κ3) is 3.67. The van der Waals surface area contributed by atoms with Gasteiger partial charge in [0, 0.05) is 18.6 Å². The summed E-state index contributed by atoms with van der Waals surface area (Å²) in [5.74, 6) is 0. The van der Waals surface area contributed by atoms with Gasteiger partial charge in [-0.15, -0.1) is 0 Å². The van der Waals surface area contributed by atoms with Gasteiger partial charge in [0.2, 0.25) is 0 Å². The van der Waals surface area contributed by atoms with E-state index in [4.69, 9.17) is 0 Å². The van der Waals surface area contributed by atoms with Gasteiger partial charge in [-0.25, -0.2) is 0 Å². The molecule has 1 saturated carbocycles. The number of rotatable bonds is 2. The van der Waals surface area contributed by atoms with E-state index in [2.05, 4.69) is 16.8 Å². The molecule has 1 N–H and O–H groups in total. The molecule has 2 fully saturated rings. The summed E-state index contributed by atoms with van der Waals surface area (Å²) in [6.45, 7) is 3.73. The lowest BCUT2D eigenvalue weighted by atomic mass is 10.1. The van der Waals surface area contributed by atoms with E-state index in [1.54, 1.807) is 0 Å². The van der Waals surface area contributed by atoms with Crippen molar-refractivity contribution in [2.75, 3.05) is 33.3 Å². The molecular formula is C14H28N2O. The van der Waals surface area contributed by atoms with Gasteiger partial charge in [0.1, 0.15) is 0 Å². The first-order valence-corrected chi connectivity index (χ1v) is 7.36. The van der Waals surface area contributed by atoms with E-state index in [0.29, 0.717) is 12.6 Å². The molecular weight excluding hydrogens is 212 g/mol. The Bertz CT molecular complexity index is 214. The Morgan fingerprint density at radius 3 is 2.35 bits per heavy atom. The molecule has 1 saturated heterocycles. The maximum Gasteiger partial charge on any atom is 0.0599 e. The zero-order chi connectivity index (χ0) is 12.1. The Labute approximate surface area is 106 Å². The van der Waals surface area contributed by atoms with Gasteiger partial charge in [0.05, 0.1) is 6.61 Å². The summed E-state index contributed by atoms with van der Waals surface area (Å²) >= 11 is 0. The van der Waals surface area contributed by atoms with Gasteiger partial charge in [-0.2, -0.15) is 0 Å². The lowest BCUT2D eigenvalue weighted by Gasteiger charge is -2.33. The predicted molar refractivity (Wildman–Crippen MR) is 71.2 cm³/mol. The Morgan fingerprint density at radius 2 is 1.71 bits per heavy atom. The van der Waals surface area contributed by atoms with Crippen LogP contribution >= 0.6 is 0 Å². The van der Waals surface area contributed by atoms with Gasteiger partial charge in [-0.05, 0) is 39.4 Å². The molecule has 0 aromatic rings. The van der Waals surface area contributed by atoms with E-state index in [9.17, 15) is 5.11 Å². The lowest BCUT2D eigenvalue weighted by molar-refractivity contribution is 0.109. The number of hydrogen-bond donors (Lipinski definition) is 1. The van der Waals surface area contributed by atoms with E-state index >= 15 is 0 Å². The van der Waals surface area contributed by atoms with Gasteiger partial charge in [-0.3, -0.25) is 9.80 Å². The smallest absolute Gasteiger partial charge is 0.0599 e. The first-order valence-electron chi connectivity index (χ1n) is 7.36. The van der Waals surface area contributed by atoms with Crippen molar-refractivity contribution in [3.05, 3.63) is 0 Å². The van der Waals surface area contributed by atoms with Gasteiger partial charge in [0.15, 0.2) is 0 Å². The highest BCUT2D eigenvalue weighted by molar-refractivity contribution is 4.82. The van der Waals surface area contributed by atoms with Crippen molar-refractivity contribution in [2.24, 2.45) is 0 Å². The molecule has 0 radical (unpaired) electrons. The van der Waals surface area contributed by atoms with Gasteiger partial charge in [-0.1, -0.05) is 25.7 Å². The fourth-order valence-corrected chi connectivity index (χ4v) is 3.36. The zero-order valence-corrected chi connectivity index (χ0v) is 11.3. The molecule has 3 heteroatoms. The highest BCUT2D eigenvalue weighted by Gasteiger charge is 2.26. The molecule has 0 spiro atoms. The third-order valence-corrected chi connectivity index (χ3v) is 4.58. The second-order valence-corrected chi connectivity index (χ2v) is 5.81. The van der Waals surface area contributed by atoms with Crippen molar-refractivity contribution < 1.29 is 5.11 Å². The molecule has 17 heavy (non-hydrogen) atoms. The standard InChI is InChI=1S/C14H28N2O/c1-15-9-6-10-16(11-14(15)12-17)13-7-4-2-3-5-8-13/h13-14,17H,2-12H2,1H3. The third-order valence-electron chi connectivity index (χ3n) is 4.58. The molecule has 1 atom stereocenters. The van der Waals surface area contributed by atoms with Crippen LogP contribution in [0, 0.1) is 0 Å². The summed E-state index contributed by atoms with van der Waals surface area (Å²) in [6.07, 6.45) is 9.66. The Balaban J connectivity index is 1.93. The van der Waals surface area contributed by atoms with Crippen LogP contribution in [-0.2, 0) is 0 Å². The summed E-state index contributed by atoms with van der Waals surface area (Å²) in [5.41, 5.74) is 0. The average Bonchev–Trinajstić information content (AvgIpc) is 2.69. The molecule has 0 aromatic heterocycles. The number of hydrogen-bond acceptors (Lipinski definition) is 3. The van der Waals surface area contributed by atoms with E-state index in [-0.39, 0.29) is 0 Å². The van der Waals surface area contributed by atoms with Crippen LogP contribution in [0.25, 0.3) is 0 Å². The maximum absolute atomic E-state index is 9.49. The molecule has 0 bridgehead atoms. The molecule has 0 amide bonds. The largest absolute Gasteiger partial charge is 0.395 e. The topological polar surface area (TPSA) is 26.7 Å². The Kier molecular flexibility index (Phi) is 5.26. The number of nitrogens with zero attached hydrogens (tertiary/aromatic N) is 2. The van der Waals surface area contributed by atoms with Crippen LogP contribution in [0.4, 0.5) is 0 Å². The summed E-state index contributed by atoms with van der Waals surface area (Å²) in [5, 5.41) is 9.49. The first kappa shape index (κ1) is 13.3. The number of aliphatic hydroxyl groups excluding tert-OH is 1. The van der Waals surface area contributed by atoms with Crippen LogP contribution in [0.2, 0.25) is 0 Å². The van der Waals surface area contributed by atoms with Crippen LogP contribution in [0.15, 0.2) is 0 Å². The molecule has 0 aromatic carbocycles. The zero-order valence-electron chi connectivity index (χ0n) is 11.3. The second kappa shape index (κ2) is 6.72. The molecule has 100 valence electrons. The minimum Gasteiger partial charge on any atom is -0.395 e. The maximum atomic E-state index is 9.49. The Hall–Kier alpha value is -0.120. The minimum absolute atomic E-state index is 0.305. The summed E-state index contributed by atoms with van der Waals surface area (Å²) < 4.78 is 0. The van der Waals surface area contributed by atoms with Gasteiger partial charge >= 0.3 is 0 Å². The van der Waals surface area contributed by atoms with Crippen molar-refractivity contribution in [2.45, 2.75) is 57.0 Å². The first-order chi connectivity index (χ1) is 8.31. The molecule has 1 aliphatic heterocycles. The van der Waals surface area contributed by atoms with E-state index in [1.807, 2.05) is 0 Å². The quantitative estimate of drug-likeness (QED) is 0.744. The predicted octanol–water partition coefficient (Wildman–Crippen LogP) is 1.71. The van der Waals surface area contributed by atoms with E-state index in [1.165, 1.54) is 51.5 Å². The number of aliphatic hydroxyl groups is 1. The van der Waals surface area contributed by atoms with Crippen molar-refractivity contribution in [3.8, 4) is 0 Å². The van der Waals surface area contributed by atoms with Crippen LogP contribution < -0.4 is 0 Å². The van der Waals surface area contributed by atoms with Gasteiger partial charge < -0.3 is 5.11 Å². The molecule has 2 rings (SSSR count). The Morgan fingerprint density at radius 1 is 1.00 bits per heavy atom. The minimum atomic E-state index is 0.305. The summed E-state index contributed by atoms with van der Waals surface area (Å²) in [4.78, 5) is 4.99. The van der Waals surface area contributed by atoms with Crippen molar-refractivity contribution in [1.29, 1.82) is 0 Å². The number of likely N-dealkylation sites (N-methyl/N-ethyl adjacent to an activating group) is 1. The van der Waals surface area contributed by atoms with Crippen molar-refractivity contribution >= 4 is 0 Å². The highest BCUT2D eigenvalue weighted by Crippen LogP contribution is 2.23. The fourth-order valence-electron chi connectivity index (χ4n) is 3.36. The highest BCUT2D eigenvalue weighted by atomic mass is 16.3. The van der Waals surface area contributed by atoms with Crippen LogP contribution in [0.3, 0.4) is 0 Å². The summed E-state index contributed by atoms with van der Waals surface area (Å²) in [6, 6.07) is 1.14. The van der Waals surface area contributed by atoms with Crippen LogP contribution in [-0.4, -0.2) is 60.3 Å². The average molecular weight is 240 g/mol. The summed E-state index contributed by atoms with van der Waals surface area (Å²) in [7, 11) is 2.15.